The molecule has 0 spiro atoms. The summed E-state index contributed by atoms with van der Waals surface area (Å²) in [6.45, 7) is 12.0. The number of aromatic nitrogens is 2. The largest absolute Gasteiger partial charge is 0.450 e. The third kappa shape index (κ3) is 4.51. The predicted octanol–water partition coefficient (Wildman–Crippen LogP) is 5.86. The van der Waals surface area contributed by atoms with Crippen LogP contribution >= 0.6 is 0 Å². The van der Waals surface area contributed by atoms with Gasteiger partial charge in [-0.15, -0.1) is 0 Å². The molecule has 0 unspecified atom stereocenters. The van der Waals surface area contributed by atoms with Gasteiger partial charge in [-0.25, -0.2) is 9.78 Å². The molecule has 3 aromatic rings. The Morgan fingerprint density at radius 3 is 2.62 bits per heavy atom. The van der Waals surface area contributed by atoms with Gasteiger partial charge in [0.1, 0.15) is 0 Å². The molecule has 0 radical (unpaired) electrons. The summed E-state index contributed by atoms with van der Waals surface area (Å²) in [5.74, 6) is 0.372. The molecule has 0 saturated heterocycles. The Labute approximate surface area is 154 Å². The molecule has 0 fully saturated rings. The fourth-order valence-corrected chi connectivity index (χ4v) is 2.48. The molecule has 1 heterocycles. The summed E-state index contributed by atoms with van der Waals surface area (Å²) in [6, 6.07) is 14.2. The van der Waals surface area contributed by atoms with E-state index in [9.17, 15) is 4.79 Å². The van der Waals surface area contributed by atoms with Crippen LogP contribution in [0.4, 0.5) is 10.7 Å². The van der Waals surface area contributed by atoms with Crippen molar-refractivity contribution in [1.29, 1.82) is 0 Å². The SMILES string of the molecule is C=C(C)c1cccc(-c2ccc3nc(NC(=O)OCC)[nH]c3c2)c1.CC. The number of nitrogens with zero attached hydrogens (tertiary/aromatic N) is 1. The van der Waals surface area contributed by atoms with Crippen LogP contribution in [-0.4, -0.2) is 22.7 Å². The van der Waals surface area contributed by atoms with E-state index in [2.05, 4.69) is 34.0 Å². The number of ether oxygens (including phenoxy) is 1. The molecular weight excluding hydrogens is 326 g/mol. The van der Waals surface area contributed by atoms with Gasteiger partial charge in [-0.1, -0.05) is 50.3 Å². The number of rotatable bonds is 4. The highest BCUT2D eigenvalue weighted by atomic mass is 16.5. The van der Waals surface area contributed by atoms with Crippen molar-refractivity contribution in [3.8, 4) is 11.1 Å². The highest BCUT2D eigenvalue weighted by molar-refractivity contribution is 5.88. The molecule has 1 amide bonds. The van der Waals surface area contributed by atoms with Crippen molar-refractivity contribution in [2.24, 2.45) is 0 Å². The molecule has 2 N–H and O–H groups in total. The van der Waals surface area contributed by atoms with Gasteiger partial charge in [-0.2, -0.15) is 0 Å². The van der Waals surface area contributed by atoms with Gasteiger partial charge in [0, 0.05) is 0 Å². The Balaban J connectivity index is 0.00000117. The predicted molar refractivity (Wildman–Crippen MR) is 108 cm³/mol. The second-order valence-corrected chi connectivity index (χ2v) is 5.52. The number of allylic oxidation sites excluding steroid dienone is 1. The normalized spacial score (nSPS) is 10.0. The van der Waals surface area contributed by atoms with Gasteiger partial charge < -0.3 is 9.72 Å². The number of carbonyl (C=O) groups excluding carboxylic acids is 1. The van der Waals surface area contributed by atoms with Crippen LogP contribution in [0, 0.1) is 0 Å². The first kappa shape index (κ1) is 19.2. The van der Waals surface area contributed by atoms with Gasteiger partial charge in [0.15, 0.2) is 0 Å². The van der Waals surface area contributed by atoms with E-state index in [4.69, 9.17) is 4.74 Å². The number of fused-ring (bicyclic) bond motifs is 1. The number of amides is 1. The molecule has 0 saturated carbocycles. The third-order valence-electron chi connectivity index (χ3n) is 3.67. The van der Waals surface area contributed by atoms with Crippen LogP contribution in [0.3, 0.4) is 0 Å². The molecule has 5 heteroatoms. The van der Waals surface area contributed by atoms with Crippen molar-refractivity contribution >= 4 is 28.6 Å². The summed E-state index contributed by atoms with van der Waals surface area (Å²) < 4.78 is 4.85. The number of aromatic amines is 1. The number of carbonyl (C=O) groups is 1. The van der Waals surface area contributed by atoms with Crippen LogP contribution in [0.25, 0.3) is 27.7 Å². The first-order chi connectivity index (χ1) is 12.6. The first-order valence-electron chi connectivity index (χ1n) is 8.76. The van der Waals surface area contributed by atoms with Crippen molar-refractivity contribution in [2.45, 2.75) is 27.7 Å². The number of H-pyrrole nitrogens is 1. The Morgan fingerprint density at radius 1 is 1.19 bits per heavy atom. The lowest BCUT2D eigenvalue weighted by Gasteiger charge is -2.05. The molecular formula is C21H25N3O2. The zero-order valence-electron chi connectivity index (χ0n) is 15.7. The molecule has 26 heavy (non-hydrogen) atoms. The monoisotopic (exact) mass is 351 g/mol. The number of benzene rings is 2. The highest BCUT2D eigenvalue weighted by Crippen LogP contribution is 2.26. The standard InChI is InChI=1S/C19H19N3O2.C2H6/c1-4-24-19(23)22-18-20-16-9-8-15(11-17(16)21-18)14-7-5-6-13(10-14)12(2)3;1-2/h5-11H,2,4H2,1,3H3,(H2,20,21,22,23);1-2H3. The first-order valence-corrected chi connectivity index (χ1v) is 8.76. The zero-order valence-corrected chi connectivity index (χ0v) is 15.7. The second-order valence-electron chi connectivity index (χ2n) is 5.52. The maximum absolute atomic E-state index is 11.5. The summed E-state index contributed by atoms with van der Waals surface area (Å²) in [5.41, 5.74) is 5.94. The molecule has 0 bridgehead atoms. The van der Waals surface area contributed by atoms with Crippen LogP contribution in [0.2, 0.25) is 0 Å². The van der Waals surface area contributed by atoms with Crippen molar-refractivity contribution in [3.05, 3.63) is 54.6 Å². The van der Waals surface area contributed by atoms with Gasteiger partial charge in [0.2, 0.25) is 5.95 Å². The highest BCUT2D eigenvalue weighted by Gasteiger charge is 2.08. The minimum Gasteiger partial charge on any atom is -0.450 e. The summed E-state index contributed by atoms with van der Waals surface area (Å²) >= 11 is 0. The van der Waals surface area contributed by atoms with E-state index in [1.54, 1.807) is 6.92 Å². The van der Waals surface area contributed by atoms with Crippen LogP contribution in [-0.2, 0) is 4.74 Å². The number of imidazole rings is 1. The molecule has 0 aliphatic rings. The van der Waals surface area contributed by atoms with Gasteiger partial charge in [-0.3, -0.25) is 5.32 Å². The maximum Gasteiger partial charge on any atom is 0.413 e. The summed E-state index contributed by atoms with van der Waals surface area (Å²) in [5, 5.41) is 2.58. The fraction of sp³-hybridized carbons (Fsp3) is 0.238. The summed E-state index contributed by atoms with van der Waals surface area (Å²) in [6.07, 6.45) is -0.522. The Kier molecular flexibility index (Phi) is 6.55. The van der Waals surface area contributed by atoms with Crippen molar-refractivity contribution in [1.82, 2.24) is 9.97 Å². The molecule has 3 rings (SSSR count). The van der Waals surface area contributed by atoms with Crippen molar-refractivity contribution in [2.75, 3.05) is 11.9 Å². The van der Waals surface area contributed by atoms with Gasteiger partial charge in [-0.05, 0) is 48.7 Å². The van der Waals surface area contributed by atoms with Crippen LogP contribution in [0.15, 0.2) is 49.0 Å². The topological polar surface area (TPSA) is 67.0 Å². The second kappa shape index (κ2) is 8.85. The van der Waals surface area contributed by atoms with Crippen LogP contribution in [0.1, 0.15) is 33.3 Å². The van der Waals surface area contributed by atoms with E-state index < -0.39 is 6.09 Å². The Bertz CT molecular complexity index is 913. The zero-order chi connectivity index (χ0) is 19.1. The number of nitrogens with one attached hydrogen (secondary N) is 2. The van der Waals surface area contributed by atoms with E-state index in [1.807, 2.05) is 51.1 Å². The molecule has 0 atom stereocenters. The lowest BCUT2D eigenvalue weighted by molar-refractivity contribution is 0.167. The molecule has 1 aromatic heterocycles. The molecule has 136 valence electrons. The number of hydrogen-bond donors (Lipinski definition) is 2. The summed E-state index contributed by atoms with van der Waals surface area (Å²) in [7, 11) is 0. The van der Waals surface area contributed by atoms with E-state index in [-0.39, 0.29) is 0 Å². The van der Waals surface area contributed by atoms with Crippen molar-refractivity contribution in [3.63, 3.8) is 0 Å². The Hall–Kier alpha value is -3.08. The van der Waals surface area contributed by atoms with E-state index in [1.165, 1.54) is 0 Å². The third-order valence-corrected chi connectivity index (χ3v) is 3.67. The maximum atomic E-state index is 11.5. The molecule has 0 aliphatic carbocycles. The lowest BCUT2D eigenvalue weighted by Crippen LogP contribution is -2.14. The molecule has 0 aliphatic heterocycles. The van der Waals surface area contributed by atoms with Crippen molar-refractivity contribution < 1.29 is 9.53 Å². The van der Waals surface area contributed by atoms with Gasteiger partial charge in [0.25, 0.3) is 0 Å². The quantitative estimate of drug-likeness (QED) is 0.619. The number of hydrogen-bond acceptors (Lipinski definition) is 3. The fourth-order valence-electron chi connectivity index (χ4n) is 2.48. The van der Waals surface area contributed by atoms with E-state index in [0.29, 0.717) is 12.6 Å². The van der Waals surface area contributed by atoms with Crippen LogP contribution < -0.4 is 5.32 Å². The lowest BCUT2D eigenvalue weighted by atomic mass is 10.0. The van der Waals surface area contributed by atoms with E-state index in [0.717, 1.165) is 33.3 Å². The summed E-state index contributed by atoms with van der Waals surface area (Å²) in [4.78, 5) is 18.9. The average molecular weight is 351 g/mol. The minimum atomic E-state index is -0.522. The molecule has 2 aromatic carbocycles. The van der Waals surface area contributed by atoms with Gasteiger partial charge in [0.05, 0.1) is 17.6 Å². The smallest absolute Gasteiger partial charge is 0.413 e. The molecule has 5 nitrogen and oxygen atoms in total. The Morgan fingerprint density at radius 2 is 1.92 bits per heavy atom. The number of anilines is 1. The average Bonchev–Trinajstić information content (AvgIpc) is 3.04. The minimum absolute atomic E-state index is 0.315. The van der Waals surface area contributed by atoms with E-state index >= 15 is 0 Å². The van der Waals surface area contributed by atoms with Crippen LogP contribution in [0.5, 0.6) is 0 Å². The van der Waals surface area contributed by atoms with Gasteiger partial charge >= 0.3 is 6.09 Å².